The van der Waals surface area contributed by atoms with Gasteiger partial charge in [-0.3, -0.25) is 4.79 Å². The van der Waals surface area contributed by atoms with Crippen molar-refractivity contribution in [1.29, 1.82) is 0 Å². The van der Waals surface area contributed by atoms with Crippen LogP contribution in [0.1, 0.15) is 25.2 Å². The predicted molar refractivity (Wildman–Crippen MR) is 47.9 cm³/mol. The van der Waals surface area contributed by atoms with Crippen LogP contribution in [0, 0.1) is 0 Å². The third-order valence-electron chi connectivity index (χ3n) is 1.42. The molecule has 3 N–H and O–H groups in total. The summed E-state index contributed by atoms with van der Waals surface area (Å²) in [6.45, 7) is -11.1. The number of nitrogens with zero attached hydrogens (tertiary/aromatic N) is 1. The molecule has 0 radical (unpaired) electrons. The molecule has 13 heavy (non-hydrogen) atoms. The van der Waals surface area contributed by atoms with Gasteiger partial charge in [-0.25, -0.2) is 4.79 Å². The van der Waals surface area contributed by atoms with E-state index in [1.807, 2.05) is 0 Å². The summed E-state index contributed by atoms with van der Waals surface area (Å²) in [6.07, 6.45) is -1.50. The summed E-state index contributed by atoms with van der Waals surface area (Å²) in [4.78, 5) is 22.2. The molecule has 0 aromatic rings. The van der Waals surface area contributed by atoms with E-state index in [-0.39, 0.29) is 0 Å². The van der Waals surface area contributed by atoms with E-state index in [2.05, 4.69) is 0 Å². The third-order valence-corrected chi connectivity index (χ3v) is 1.42. The second kappa shape index (κ2) is 4.23. The molecular weight excluding hydrogens is 172 g/mol. The summed E-state index contributed by atoms with van der Waals surface area (Å²) < 4.78 is 63.6. The number of primary amides is 1. The van der Waals surface area contributed by atoms with Gasteiger partial charge in [0, 0.05) is 12.8 Å². The highest BCUT2D eigenvalue weighted by Gasteiger charge is 2.31. The molecular formula is C8H17N2O3+. The Morgan fingerprint density at radius 3 is 2.38 bits per heavy atom. The van der Waals surface area contributed by atoms with Crippen molar-refractivity contribution < 1.29 is 31.5 Å². The van der Waals surface area contributed by atoms with Crippen molar-refractivity contribution >= 4 is 11.9 Å². The Labute approximate surface area is 90.4 Å². The van der Waals surface area contributed by atoms with Crippen molar-refractivity contribution in [2.45, 2.75) is 18.9 Å². The molecule has 0 aliphatic carbocycles. The lowest BCUT2D eigenvalue weighted by atomic mass is 10.1. The van der Waals surface area contributed by atoms with Gasteiger partial charge in [0.1, 0.15) is 0 Å². The van der Waals surface area contributed by atoms with Gasteiger partial charge in [0.15, 0.2) is 6.04 Å². The number of hydrogen-bond acceptors (Lipinski definition) is 2. The molecule has 0 rings (SSSR count). The smallest absolute Gasteiger partial charge is 0.362 e. The van der Waals surface area contributed by atoms with Crippen molar-refractivity contribution in [3.05, 3.63) is 0 Å². The van der Waals surface area contributed by atoms with Crippen LogP contribution >= 0.6 is 0 Å². The van der Waals surface area contributed by atoms with Crippen LogP contribution in [-0.2, 0) is 9.59 Å². The van der Waals surface area contributed by atoms with Gasteiger partial charge in [-0.05, 0) is 0 Å². The number of likely N-dealkylation sites (N-methyl/N-ethyl adjacent to an activating group) is 1. The van der Waals surface area contributed by atoms with Crippen LogP contribution in [0.15, 0.2) is 0 Å². The summed E-state index contributed by atoms with van der Waals surface area (Å²) in [5, 5.41) is 9.19. The monoisotopic (exact) mass is 198 g/mol. The maximum Gasteiger partial charge on any atom is 0.362 e. The van der Waals surface area contributed by atoms with Gasteiger partial charge in [0.05, 0.1) is 33.3 Å². The number of quaternary nitrogens is 1. The van der Waals surface area contributed by atoms with Gasteiger partial charge in [-0.15, -0.1) is 0 Å². The Morgan fingerprint density at radius 2 is 2.08 bits per heavy atom. The minimum absolute atomic E-state index is 0.667. The van der Waals surface area contributed by atoms with Crippen molar-refractivity contribution in [3.8, 4) is 0 Å². The number of carboxylic acid groups (broad SMARTS) is 1. The highest BCUT2D eigenvalue weighted by atomic mass is 16.4. The second-order valence-corrected chi connectivity index (χ2v) is 2.58. The van der Waals surface area contributed by atoms with Crippen LogP contribution in [-0.4, -0.2) is 48.4 Å². The summed E-state index contributed by atoms with van der Waals surface area (Å²) >= 11 is 0. The first-order valence-corrected chi connectivity index (χ1v) is 3.40. The number of carboxylic acids is 1. The molecule has 5 nitrogen and oxygen atoms in total. The molecule has 0 unspecified atom stereocenters. The van der Waals surface area contributed by atoms with E-state index in [0.29, 0.717) is 0 Å². The Hall–Kier alpha value is -1.10. The number of aliphatic carboxylic acids is 1. The predicted octanol–water partition coefficient (Wildman–Crippen LogP) is -0.589. The van der Waals surface area contributed by atoms with E-state index in [1.165, 1.54) is 0 Å². The van der Waals surface area contributed by atoms with Crippen LogP contribution < -0.4 is 5.73 Å². The van der Waals surface area contributed by atoms with Gasteiger partial charge in [0.2, 0.25) is 5.91 Å². The van der Waals surface area contributed by atoms with Crippen molar-refractivity contribution in [1.82, 2.24) is 0 Å². The third kappa shape index (κ3) is 4.47. The van der Waals surface area contributed by atoms with Gasteiger partial charge in [-0.2, -0.15) is 0 Å². The van der Waals surface area contributed by atoms with Crippen LogP contribution in [0.3, 0.4) is 0 Å². The van der Waals surface area contributed by atoms with Gasteiger partial charge in [-0.1, -0.05) is 0 Å². The molecule has 0 saturated carbocycles. The number of amides is 1. The quantitative estimate of drug-likeness (QED) is 0.579. The first-order chi connectivity index (χ1) is 9.50. The molecule has 0 spiro atoms. The van der Waals surface area contributed by atoms with E-state index in [4.69, 9.17) is 18.1 Å². The van der Waals surface area contributed by atoms with Gasteiger partial charge >= 0.3 is 5.97 Å². The van der Waals surface area contributed by atoms with Crippen LogP contribution in [0.5, 0.6) is 0 Å². The topological polar surface area (TPSA) is 80.4 Å². The SMILES string of the molecule is [2H]C([2H])([2H])[N+]([C@@H](CCC(N)=O)C(=O)O)(C([2H])([2H])[2H])C([2H])([2H])[2H]. The largest absolute Gasteiger partial charge is 0.477 e. The zero-order chi connectivity index (χ0) is 18.1. The van der Waals surface area contributed by atoms with Crippen molar-refractivity contribution in [2.24, 2.45) is 5.73 Å². The number of carbonyl (C=O) groups is 2. The normalized spacial score (nSPS) is 26.9. The Kier molecular flexibility index (Phi) is 1.16. The standard InChI is InChI=1S/C8H16N2O3/c1-10(2,3)6(8(12)13)4-5-7(9)11/h6H,4-5H2,1-3H3,(H2-,9,11,12,13)/p+1/t6-/m0/s1/i1D3,2D3,3D3. The maximum atomic E-state index is 11.4. The number of carbonyl (C=O) groups excluding carboxylic acids is 1. The zero-order valence-electron chi connectivity index (χ0n) is 15.8. The highest BCUT2D eigenvalue weighted by molar-refractivity contribution is 5.76. The summed E-state index contributed by atoms with van der Waals surface area (Å²) in [5.74, 6) is -2.96. The summed E-state index contributed by atoms with van der Waals surface area (Å²) in [7, 11) is 0. The summed E-state index contributed by atoms with van der Waals surface area (Å²) in [5.41, 5.74) is 4.85. The fourth-order valence-corrected chi connectivity index (χ4v) is 0.762. The minimum atomic E-state index is -3.70. The average Bonchev–Trinajstić information content (AvgIpc) is 2.16. The van der Waals surface area contributed by atoms with Crippen molar-refractivity contribution in [3.63, 3.8) is 0 Å². The lowest BCUT2D eigenvalue weighted by molar-refractivity contribution is -0.887. The van der Waals surface area contributed by atoms with Gasteiger partial charge in [0.25, 0.3) is 0 Å². The summed E-state index contributed by atoms with van der Waals surface area (Å²) in [6, 6.07) is -2.39. The van der Waals surface area contributed by atoms with Crippen LogP contribution in [0.4, 0.5) is 0 Å². The highest BCUT2D eigenvalue weighted by Crippen LogP contribution is 2.09. The molecule has 0 aliphatic heterocycles. The molecule has 0 aromatic carbocycles. The first kappa shape index (κ1) is 3.57. The Bertz CT molecular complexity index is 404. The number of rotatable bonds is 5. The van der Waals surface area contributed by atoms with Gasteiger partial charge < -0.3 is 15.3 Å². The molecule has 0 heterocycles. The zero-order valence-corrected chi connectivity index (χ0v) is 6.78. The van der Waals surface area contributed by atoms with E-state index in [9.17, 15) is 14.7 Å². The molecule has 0 aromatic heterocycles. The van der Waals surface area contributed by atoms with E-state index in [1.54, 1.807) is 0 Å². The Balaban J connectivity index is 6.46. The molecule has 0 fully saturated rings. The molecule has 0 aliphatic rings. The Morgan fingerprint density at radius 1 is 1.54 bits per heavy atom. The fraction of sp³-hybridized carbons (Fsp3) is 0.750. The molecule has 0 saturated heterocycles. The first-order valence-electron chi connectivity index (χ1n) is 7.90. The second-order valence-electron chi connectivity index (χ2n) is 2.58. The molecule has 1 amide bonds. The lowest BCUT2D eigenvalue weighted by Gasteiger charge is -2.30. The molecule has 1 atom stereocenters. The lowest BCUT2D eigenvalue weighted by Crippen LogP contribution is -2.50. The number of hydrogen-bond donors (Lipinski definition) is 2. The fourth-order valence-electron chi connectivity index (χ4n) is 0.762. The van der Waals surface area contributed by atoms with Crippen LogP contribution in [0.25, 0.3) is 0 Å². The number of nitrogens with two attached hydrogens (primary N) is 1. The van der Waals surface area contributed by atoms with Crippen molar-refractivity contribution in [2.75, 3.05) is 20.9 Å². The van der Waals surface area contributed by atoms with E-state index >= 15 is 0 Å². The minimum Gasteiger partial charge on any atom is -0.477 e. The average molecular weight is 198 g/mol. The molecule has 5 heteroatoms. The molecule has 0 bridgehead atoms. The van der Waals surface area contributed by atoms with E-state index < -0.39 is 56.2 Å². The van der Waals surface area contributed by atoms with Crippen LogP contribution in [0.2, 0.25) is 0 Å². The maximum absolute atomic E-state index is 11.4. The van der Waals surface area contributed by atoms with E-state index in [0.717, 1.165) is 0 Å². The molecule has 76 valence electrons.